The van der Waals surface area contributed by atoms with E-state index in [0.29, 0.717) is 5.69 Å². The van der Waals surface area contributed by atoms with Crippen LogP contribution < -0.4 is 10.6 Å². The first-order valence-electron chi connectivity index (χ1n) is 7.02. The molecule has 0 saturated carbocycles. The van der Waals surface area contributed by atoms with Gasteiger partial charge in [0, 0.05) is 5.39 Å². The molecule has 0 saturated heterocycles. The van der Waals surface area contributed by atoms with Crippen molar-refractivity contribution in [1.82, 2.24) is 15.5 Å². The number of amides is 2. The Labute approximate surface area is 128 Å². The van der Waals surface area contributed by atoms with E-state index in [-0.39, 0.29) is 11.8 Å². The van der Waals surface area contributed by atoms with Gasteiger partial charge in [-0.25, -0.2) is 4.79 Å². The molecule has 0 fully saturated rings. The number of aryl methyl sites for hydroxylation is 1. The van der Waals surface area contributed by atoms with E-state index in [2.05, 4.69) is 25.6 Å². The SMILES string of the molecule is COC(=O)N[C@H](C(=O)Nc1ccc(C)c2cn[nH]c12)C(C)C. The van der Waals surface area contributed by atoms with Crippen LogP contribution in [0.3, 0.4) is 0 Å². The lowest BCUT2D eigenvalue weighted by Crippen LogP contribution is -2.47. The van der Waals surface area contributed by atoms with E-state index in [4.69, 9.17) is 0 Å². The molecule has 3 N–H and O–H groups in total. The molecule has 2 aromatic rings. The third-order valence-corrected chi connectivity index (χ3v) is 3.50. The predicted molar refractivity (Wildman–Crippen MR) is 83.6 cm³/mol. The van der Waals surface area contributed by atoms with Crippen molar-refractivity contribution in [2.45, 2.75) is 26.8 Å². The number of anilines is 1. The number of hydrogen-bond acceptors (Lipinski definition) is 4. The van der Waals surface area contributed by atoms with Gasteiger partial charge in [-0.05, 0) is 24.5 Å². The second-order valence-corrected chi connectivity index (χ2v) is 5.44. The van der Waals surface area contributed by atoms with Crippen LogP contribution in [0.25, 0.3) is 10.9 Å². The molecule has 0 bridgehead atoms. The first kappa shape index (κ1) is 15.8. The summed E-state index contributed by atoms with van der Waals surface area (Å²) in [4.78, 5) is 23.8. The minimum absolute atomic E-state index is 0.0817. The molecule has 1 heterocycles. The largest absolute Gasteiger partial charge is 0.453 e. The number of carbonyl (C=O) groups excluding carboxylic acids is 2. The molecule has 1 aromatic carbocycles. The number of rotatable bonds is 4. The highest BCUT2D eigenvalue weighted by Crippen LogP contribution is 2.24. The Balaban J connectivity index is 2.23. The van der Waals surface area contributed by atoms with Crippen LogP contribution in [0.1, 0.15) is 19.4 Å². The third-order valence-electron chi connectivity index (χ3n) is 3.50. The summed E-state index contributed by atoms with van der Waals surface area (Å²) in [5.74, 6) is -0.387. The van der Waals surface area contributed by atoms with Crippen LogP contribution >= 0.6 is 0 Å². The van der Waals surface area contributed by atoms with E-state index >= 15 is 0 Å². The van der Waals surface area contributed by atoms with Gasteiger partial charge in [-0.1, -0.05) is 19.9 Å². The van der Waals surface area contributed by atoms with Gasteiger partial charge in [-0.15, -0.1) is 0 Å². The molecule has 0 aliphatic rings. The smallest absolute Gasteiger partial charge is 0.407 e. The monoisotopic (exact) mass is 304 g/mol. The van der Waals surface area contributed by atoms with Crippen molar-refractivity contribution in [1.29, 1.82) is 0 Å². The summed E-state index contributed by atoms with van der Waals surface area (Å²) in [6.07, 6.45) is 1.08. The number of carbonyl (C=O) groups is 2. The predicted octanol–water partition coefficient (Wildman–Crippen LogP) is 2.19. The highest BCUT2D eigenvalue weighted by atomic mass is 16.5. The highest BCUT2D eigenvalue weighted by molar-refractivity contribution is 6.03. The fourth-order valence-corrected chi connectivity index (χ4v) is 2.21. The van der Waals surface area contributed by atoms with Crippen molar-refractivity contribution in [3.05, 3.63) is 23.9 Å². The zero-order valence-electron chi connectivity index (χ0n) is 13.1. The molecule has 0 aliphatic carbocycles. The van der Waals surface area contributed by atoms with E-state index in [1.54, 1.807) is 6.20 Å². The lowest BCUT2D eigenvalue weighted by Gasteiger charge is -2.21. The normalized spacial score (nSPS) is 12.2. The van der Waals surface area contributed by atoms with Crippen LogP contribution in [0.4, 0.5) is 10.5 Å². The second-order valence-electron chi connectivity index (χ2n) is 5.44. The number of H-pyrrole nitrogens is 1. The number of ether oxygens (including phenoxy) is 1. The van der Waals surface area contributed by atoms with Crippen LogP contribution in [0.2, 0.25) is 0 Å². The van der Waals surface area contributed by atoms with Crippen molar-refractivity contribution in [2.24, 2.45) is 5.92 Å². The summed E-state index contributed by atoms with van der Waals surface area (Å²) < 4.78 is 4.56. The number of hydrogen-bond donors (Lipinski definition) is 3. The van der Waals surface area contributed by atoms with Gasteiger partial charge >= 0.3 is 6.09 Å². The van der Waals surface area contributed by atoms with Crippen molar-refractivity contribution < 1.29 is 14.3 Å². The van der Waals surface area contributed by atoms with Crippen molar-refractivity contribution in [2.75, 3.05) is 12.4 Å². The molecular formula is C15H20N4O3. The Bertz CT molecular complexity index is 693. The van der Waals surface area contributed by atoms with Crippen LogP contribution in [0.5, 0.6) is 0 Å². The quantitative estimate of drug-likeness (QED) is 0.806. The highest BCUT2D eigenvalue weighted by Gasteiger charge is 2.25. The number of alkyl carbamates (subject to hydrolysis) is 1. The Kier molecular flexibility index (Phi) is 4.65. The van der Waals surface area contributed by atoms with Gasteiger partial charge in [0.2, 0.25) is 5.91 Å². The summed E-state index contributed by atoms with van der Waals surface area (Å²) >= 11 is 0. The molecule has 2 rings (SSSR count). The number of methoxy groups -OCH3 is 1. The molecule has 22 heavy (non-hydrogen) atoms. The van der Waals surface area contributed by atoms with Gasteiger partial charge < -0.3 is 15.4 Å². The first-order valence-corrected chi connectivity index (χ1v) is 7.02. The number of fused-ring (bicyclic) bond motifs is 1. The first-order chi connectivity index (χ1) is 10.4. The van der Waals surface area contributed by atoms with Crippen LogP contribution in [0.15, 0.2) is 18.3 Å². The van der Waals surface area contributed by atoms with Gasteiger partial charge in [0.15, 0.2) is 0 Å². The Morgan fingerprint density at radius 2 is 2.05 bits per heavy atom. The fraction of sp³-hybridized carbons (Fsp3) is 0.400. The molecule has 0 aliphatic heterocycles. The van der Waals surface area contributed by atoms with Crippen LogP contribution in [0, 0.1) is 12.8 Å². The van der Waals surface area contributed by atoms with Crippen molar-refractivity contribution in [3.8, 4) is 0 Å². The lowest BCUT2D eigenvalue weighted by molar-refractivity contribution is -0.119. The number of nitrogens with one attached hydrogen (secondary N) is 3. The van der Waals surface area contributed by atoms with E-state index in [9.17, 15) is 9.59 Å². The summed E-state index contributed by atoms with van der Waals surface area (Å²) in [6.45, 7) is 5.67. The molecular weight excluding hydrogens is 284 g/mol. The van der Waals surface area contributed by atoms with Gasteiger partial charge in [-0.2, -0.15) is 5.10 Å². The zero-order valence-corrected chi connectivity index (χ0v) is 13.1. The molecule has 1 aromatic heterocycles. The summed E-state index contributed by atoms with van der Waals surface area (Å²) in [5, 5.41) is 13.2. The van der Waals surface area contributed by atoms with E-state index < -0.39 is 12.1 Å². The third kappa shape index (κ3) is 3.19. The fourth-order valence-electron chi connectivity index (χ4n) is 2.21. The summed E-state index contributed by atoms with van der Waals surface area (Å²) in [5.41, 5.74) is 2.45. The minimum atomic E-state index is -0.688. The number of nitrogens with zero attached hydrogens (tertiary/aromatic N) is 1. The topological polar surface area (TPSA) is 96.1 Å². The molecule has 7 heteroatoms. The van der Waals surface area contributed by atoms with Gasteiger partial charge in [0.05, 0.1) is 24.5 Å². The number of benzene rings is 1. The summed E-state index contributed by atoms with van der Waals surface area (Å²) in [7, 11) is 1.26. The van der Waals surface area contributed by atoms with Gasteiger partial charge in [-0.3, -0.25) is 9.89 Å². The van der Waals surface area contributed by atoms with Crippen LogP contribution in [-0.2, 0) is 9.53 Å². The summed E-state index contributed by atoms with van der Waals surface area (Å²) in [6, 6.07) is 3.03. The second kappa shape index (κ2) is 6.46. The van der Waals surface area contributed by atoms with Gasteiger partial charge in [0.25, 0.3) is 0 Å². The maximum Gasteiger partial charge on any atom is 0.407 e. The average molecular weight is 304 g/mol. The molecule has 0 radical (unpaired) electrons. The Morgan fingerprint density at radius 1 is 1.32 bits per heavy atom. The minimum Gasteiger partial charge on any atom is -0.453 e. The zero-order chi connectivity index (χ0) is 16.3. The lowest BCUT2D eigenvalue weighted by atomic mass is 10.0. The van der Waals surface area contributed by atoms with Gasteiger partial charge in [0.1, 0.15) is 6.04 Å². The van der Waals surface area contributed by atoms with E-state index in [1.165, 1.54) is 7.11 Å². The molecule has 2 amide bonds. The van der Waals surface area contributed by atoms with Crippen LogP contribution in [-0.4, -0.2) is 35.3 Å². The Hall–Kier alpha value is -2.57. The average Bonchev–Trinajstić information content (AvgIpc) is 2.97. The molecule has 1 atom stereocenters. The number of aromatic amines is 1. The molecule has 0 unspecified atom stereocenters. The molecule has 0 spiro atoms. The van der Waals surface area contributed by atoms with E-state index in [1.807, 2.05) is 32.9 Å². The standard InChI is InChI=1S/C15H20N4O3/c1-8(2)12(18-15(21)22-4)14(20)17-11-6-5-9(3)10-7-16-19-13(10)11/h5-8,12H,1-4H3,(H,16,19)(H,17,20)(H,18,21)/t12-/m0/s1. The van der Waals surface area contributed by atoms with Crippen molar-refractivity contribution in [3.63, 3.8) is 0 Å². The maximum absolute atomic E-state index is 12.4. The Morgan fingerprint density at radius 3 is 2.68 bits per heavy atom. The number of aromatic nitrogens is 2. The van der Waals surface area contributed by atoms with Crippen molar-refractivity contribution >= 4 is 28.6 Å². The molecule has 7 nitrogen and oxygen atoms in total. The molecule has 118 valence electrons. The van der Waals surface area contributed by atoms with E-state index in [0.717, 1.165) is 16.5 Å². The maximum atomic E-state index is 12.4.